The third-order valence-electron chi connectivity index (χ3n) is 4.05. The van der Waals surface area contributed by atoms with Gasteiger partial charge in [-0.2, -0.15) is 0 Å². The zero-order valence-electron chi connectivity index (χ0n) is 13.5. The minimum absolute atomic E-state index is 0.0730. The highest BCUT2D eigenvalue weighted by Gasteiger charge is 2.23. The van der Waals surface area contributed by atoms with Gasteiger partial charge in [-0.3, -0.25) is 9.59 Å². The van der Waals surface area contributed by atoms with E-state index in [1.807, 2.05) is 18.2 Å². The van der Waals surface area contributed by atoms with Crippen molar-refractivity contribution in [1.29, 1.82) is 0 Å². The van der Waals surface area contributed by atoms with Crippen molar-refractivity contribution < 1.29 is 19.2 Å². The van der Waals surface area contributed by atoms with Crippen LogP contribution in [0, 0.1) is 6.92 Å². The number of quaternary nitrogens is 1. The number of piperazine rings is 1. The van der Waals surface area contributed by atoms with E-state index in [9.17, 15) is 9.59 Å². The molecule has 0 radical (unpaired) electrons. The van der Waals surface area contributed by atoms with Crippen molar-refractivity contribution in [1.82, 2.24) is 5.32 Å². The van der Waals surface area contributed by atoms with Crippen molar-refractivity contribution >= 4 is 29.2 Å². The van der Waals surface area contributed by atoms with E-state index in [0.29, 0.717) is 6.54 Å². The molecule has 1 aliphatic rings. The highest BCUT2D eigenvalue weighted by Crippen LogP contribution is 2.24. The van der Waals surface area contributed by atoms with E-state index in [1.165, 1.54) is 17.6 Å². The van der Waals surface area contributed by atoms with Crippen LogP contribution in [-0.2, 0) is 14.3 Å². The van der Waals surface area contributed by atoms with Gasteiger partial charge in [0.05, 0.1) is 33.3 Å². The Bertz CT molecular complexity index is 572. The Kier molecular flexibility index (Phi) is 6.24. The van der Waals surface area contributed by atoms with Crippen molar-refractivity contribution in [2.75, 3.05) is 51.3 Å². The summed E-state index contributed by atoms with van der Waals surface area (Å²) in [5.74, 6) is -0.563. The molecule has 2 N–H and O–H groups in total. The van der Waals surface area contributed by atoms with Gasteiger partial charge in [0.1, 0.15) is 6.54 Å². The second-order valence-corrected chi connectivity index (χ2v) is 6.13. The third kappa shape index (κ3) is 5.11. The molecule has 1 fully saturated rings. The van der Waals surface area contributed by atoms with Gasteiger partial charge < -0.3 is 19.9 Å². The third-order valence-corrected chi connectivity index (χ3v) is 4.29. The number of hydrogen-bond donors (Lipinski definition) is 2. The van der Waals surface area contributed by atoms with Gasteiger partial charge >= 0.3 is 5.97 Å². The lowest BCUT2D eigenvalue weighted by Gasteiger charge is -2.34. The fourth-order valence-corrected chi connectivity index (χ4v) is 2.86. The lowest BCUT2D eigenvalue weighted by molar-refractivity contribution is -0.892. The summed E-state index contributed by atoms with van der Waals surface area (Å²) < 4.78 is 4.50. The number of anilines is 1. The van der Waals surface area contributed by atoms with Crippen molar-refractivity contribution in [3.8, 4) is 0 Å². The number of methoxy groups -OCH3 is 1. The fourth-order valence-electron chi connectivity index (χ4n) is 2.70. The number of nitrogens with one attached hydrogen (secondary N) is 2. The van der Waals surface area contributed by atoms with E-state index in [0.717, 1.165) is 36.9 Å². The number of aryl methyl sites for hydroxylation is 1. The Balaban J connectivity index is 1.81. The van der Waals surface area contributed by atoms with Crippen LogP contribution in [0.4, 0.5) is 5.69 Å². The lowest BCUT2D eigenvalue weighted by atomic mass is 10.1. The largest absolute Gasteiger partial charge is 0.468 e. The zero-order chi connectivity index (χ0) is 16.8. The summed E-state index contributed by atoms with van der Waals surface area (Å²) in [4.78, 5) is 26.3. The number of hydrogen-bond acceptors (Lipinski definition) is 4. The van der Waals surface area contributed by atoms with Gasteiger partial charge in [0, 0.05) is 10.7 Å². The molecule has 1 aliphatic heterocycles. The summed E-state index contributed by atoms with van der Waals surface area (Å²) in [5.41, 5.74) is 2.36. The minimum atomic E-state index is -0.436. The van der Waals surface area contributed by atoms with Crippen LogP contribution < -0.4 is 15.1 Å². The smallest absolute Gasteiger partial charge is 0.325 e. The number of benzene rings is 1. The maximum atomic E-state index is 11.8. The number of esters is 1. The van der Waals surface area contributed by atoms with Crippen LogP contribution in [0.3, 0.4) is 0 Å². The summed E-state index contributed by atoms with van der Waals surface area (Å²) >= 11 is 6.08. The molecule has 23 heavy (non-hydrogen) atoms. The molecule has 7 heteroatoms. The molecule has 1 saturated heterocycles. The first-order valence-electron chi connectivity index (χ1n) is 7.68. The maximum absolute atomic E-state index is 11.8. The number of ether oxygens (including phenoxy) is 1. The summed E-state index contributed by atoms with van der Waals surface area (Å²) in [7, 11) is 1.30. The van der Waals surface area contributed by atoms with E-state index in [-0.39, 0.29) is 12.5 Å². The molecule has 1 aromatic rings. The van der Waals surface area contributed by atoms with Gasteiger partial charge in [-0.1, -0.05) is 17.7 Å². The molecule has 1 aromatic carbocycles. The fraction of sp³-hybridized carbons (Fsp3) is 0.500. The molecule has 0 spiro atoms. The monoisotopic (exact) mass is 340 g/mol. The molecular formula is C16H23ClN3O3+. The van der Waals surface area contributed by atoms with Gasteiger partial charge in [0.2, 0.25) is 0 Å². The Labute approximate surface area is 141 Å². The number of nitrogens with zero attached hydrogens (tertiary/aromatic N) is 1. The second-order valence-electron chi connectivity index (χ2n) is 5.70. The average Bonchev–Trinajstić information content (AvgIpc) is 2.55. The summed E-state index contributed by atoms with van der Waals surface area (Å²) in [6, 6.07) is 5.91. The summed E-state index contributed by atoms with van der Waals surface area (Å²) in [6.45, 7) is 5.87. The first-order chi connectivity index (χ1) is 11.0. The molecule has 0 aromatic heterocycles. The van der Waals surface area contributed by atoms with E-state index in [2.05, 4.69) is 21.9 Å². The Morgan fingerprint density at radius 2 is 2.04 bits per heavy atom. The molecule has 1 amide bonds. The topological polar surface area (TPSA) is 63.1 Å². The van der Waals surface area contributed by atoms with Crippen LogP contribution >= 0.6 is 11.6 Å². The normalized spacial score (nSPS) is 15.3. The highest BCUT2D eigenvalue weighted by molar-refractivity contribution is 6.30. The predicted octanol–water partition coefficient (Wildman–Crippen LogP) is -0.357. The SMILES string of the molecule is COC(=O)CNC(=O)C[NH+]1CCN(c2cc(Cl)ccc2C)CC1. The Hall–Kier alpha value is -1.79. The van der Waals surface area contributed by atoms with Crippen LogP contribution in [0.25, 0.3) is 0 Å². The number of rotatable bonds is 5. The van der Waals surface area contributed by atoms with Gasteiger partial charge in [-0.15, -0.1) is 0 Å². The molecule has 2 rings (SSSR count). The standard InChI is InChI=1S/C16H22ClN3O3/c1-12-3-4-13(17)9-14(12)20-7-5-19(6-8-20)11-15(21)18-10-16(22)23-2/h3-4,9H,5-8,10-11H2,1-2H3,(H,18,21)/p+1. The summed E-state index contributed by atoms with van der Waals surface area (Å²) in [6.07, 6.45) is 0. The van der Waals surface area contributed by atoms with Gasteiger partial charge in [-0.25, -0.2) is 0 Å². The van der Waals surface area contributed by atoms with Gasteiger partial charge in [0.25, 0.3) is 5.91 Å². The van der Waals surface area contributed by atoms with Crippen molar-refractivity contribution in [3.05, 3.63) is 28.8 Å². The molecule has 0 atom stereocenters. The van der Waals surface area contributed by atoms with Crippen LogP contribution in [0.5, 0.6) is 0 Å². The molecule has 126 valence electrons. The lowest BCUT2D eigenvalue weighted by Crippen LogP contribution is -3.16. The van der Waals surface area contributed by atoms with E-state index < -0.39 is 5.97 Å². The van der Waals surface area contributed by atoms with Gasteiger partial charge in [-0.05, 0) is 24.6 Å². The predicted molar refractivity (Wildman–Crippen MR) is 89.0 cm³/mol. The Morgan fingerprint density at radius 3 is 2.70 bits per heavy atom. The van der Waals surface area contributed by atoms with Crippen molar-refractivity contribution in [2.24, 2.45) is 0 Å². The first-order valence-corrected chi connectivity index (χ1v) is 8.05. The Morgan fingerprint density at radius 1 is 1.35 bits per heavy atom. The van der Waals surface area contributed by atoms with Crippen LogP contribution in [0.2, 0.25) is 5.02 Å². The number of halogens is 1. The maximum Gasteiger partial charge on any atom is 0.325 e. The number of carbonyl (C=O) groups is 2. The molecule has 1 heterocycles. The quantitative estimate of drug-likeness (QED) is 0.719. The van der Waals surface area contributed by atoms with Crippen molar-refractivity contribution in [3.63, 3.8) is 0 Å². The molecular weight excluding hydrogens is 318 g/mol. The molecule has 0 aliphatic carbocycles. The van der Waals surface area contributed by atoms with Crippen LogP contribution in [-0.4, -0.2) is 58.3 Å². The van der Waals surface area contributed by atoms with Crippen LogP contribution in [0.1, 0.15) is 5.56 Å². The molecule has 0 bridgehead atoms. The van der Waals surface area contributed by atoms with Crippen LogP contribution in [0.15, 0.2) is 18.2 Å². The number of amides is 1. The zero-order valence-corrected chi connectivity index (χ0v) is 14.3. The van der Waals surface area contributed by atoms with Gasteiger partial charge in [0.15, 0.2) is 6.54 Å². The average molecular weight is 341 g/mol. The number of carbonyl (C=O) groups excluding carboxylic acids is 2. The highest BCUT2D eigenvalue weighted by atomic mass is 35.5. The first kappa shape index (κ1) is 17.6. The molecule has 0 saturated carbocycles. The molecule has 6 nitrogen and oxygen atoms in total. The minimum Gasteiger partial charge on any atom is -0.468 e. The van der Waals surface area contributed by atoms with Crippen molar-refractivity contribution in [2.45, 2.75) is 6.92 Å². The second kappa shape index (κ2) is 8.17. The molecule has 0 unspecified atom stereocenters. The van der Waals surface area contributed by atoms with E-state index in [4.69, 9.17) is 11.6 Å². The van der Waals surface area contributed by atoms with E-state index >= 15 is 0 Å². The van der Waals surface area contributed by atoms with E-state index in [1.54, 1.807) is 0 Å². The summed E-state index contributed by atoms with van der Waals surface area (Å²) in [5, 5.41) is 3.31.